The maximum Gasteiger partial charge on any atom is 0.410 e. The highest BCUT2D eigenvalue weighted by atomic mass is 16.6. The molecule has 5 rings (SSSR count). The van der Waals surface area contributed by atoms with Crippen LogP contribution in [0.1, 0.15) is 83.4 Å². The first-order chi connectivity index (χ1) is 21.1. The lowest BCUT2D eigenvalue weighted by Gasteiger charge is -2.33. The lowest BCUT2D eigenvalue weighted by Crippen LogP contribution is -2.44. The van der Waals surface area contributed by atoms with Gasteiger partial charge in [0.1, 0.15) is 17.5 Å². The lowest BCUT2D eigenvalue weighted by molar-refractivity contribution is 0.0126. The number of hydrogen-bond donors (Lipinski definition) is 1. The number of amides is 1. The highest BCUT2D eigenvalue weighted by Crippen LogP contribution is 2.33. The van der Waals surface area contributed by atoms with Gasteiger partial charge in [-0.25, -0.2) is 4.79 Å². The number of aromatic nitrogens is 1. The average Bonchev–Trinajstić information content (AvgIpc) is 3.42. The van der Waals surface area contributed by atoms with E-state index >= 15 is 0 Å². The second-order valence-electron chi connectivity index (χ2n) is 12.1. The van der Waals surface area contributed by atoms with Crippen molar-refractivity contribution < 1.29 is 28.7 Å². The third kappa shape index (κ3) is 7.52. The highest BCUT2D eigenvalue weighted by Gasteiger charge is 2.29. The number of nitrogens with one attached hydrogen (secondary N) is 1. The molecular formula is C35H39N3O6. The molecule has 2 heterocycles. The molecule has 0 spiro atoms. The summed E-state index contributed by atoms with van der Waals surface area (Å²) < 4.78 is 11.6. The van der Waals surface area contributed by atoms with Crippen molar-refractivity contribution in [1.29, 1.82) is 0 Å². The fraction of sp³-hybridized carbons (Fsp3) is 0.371. The number of benzene rings is 2. The SMILES string of the molecule is CONC1=CCc2cc(C(CC(=O)c3ccc(OC4CCN(C(=O)OC(C)(C)C)CC4)cc3)C(=O)c3ccncc3)ccc21. The topological polar surface area (TPSA) is 107 Å². The summed E-state index contributed by atoms with van der Waals surface area (Å²) in [4.78, 5) is 50.4. The number of ketones is 2. The first-order valence-corrected chi connectivity index (χ1v) is 15.0. The predicted molar refractivity (Wildman–Crippen MR) is 166 cm³/mol. The van der Waals surface area contributed by atoms with Crippen molar-refractivity contribution in [1.82, 2.24) is 15.4 Å². The molecule has 1 N–H and O–H groups in total. The molecule has 0 bridgehead atoms. The van der Waals surface area contributed by atoms with Gasteiger partial charge in [0.2, 0.25) is 0 Å². The van der Waals surface area contributed by atoms with E-state index in [4.69, 9.17) is 14.3 Å². The number of piperidine rings is 1. The van der Waals surface area contributed by atoms with Crippen LogP contribution in [0, 0.1) is 0 Å². The van der Waals surface area contributed by atoms with E-state index in [0.717, 1.165) is 22.4 Å². The Balaban J connectivity index is 1.25. The number of fused-ring (bicyclic) bond motifs is 1. The number of likely N-dealkylation sites (tertiary alicyclic amines) is 1. The number of ether oxygens (including phenoxy) is 2. The van der Waals surface area contributed by atoms with Gasteiger partial charge in [0.05, 0.1) is 18.7 Å². The van der Waals surface area contributed by atoms with E-state index in [1.165, 1.54) is 0 Å². The van der Waals surface area contributed by atoms with Crippen molar-refractivity contribution in [2.24, 2.45) is 0 Å². The van der Waals surface area contributed by atoms with Crippen LogP contribution in [0.25, 0.3) is 5.70 Å². The van der Waals surface area contributed by atoms with Crippen LogP contribution in [-0.2, 0) is 16.0 Å². The molecule has 1 aliphatic carbocycles. The van der Waals surface area contributed by atoms with Crippen LogP contribution in [0.5, 0.6) is 5.75 Å². The largest absolute Gasteiger partial charge is 0.490 e. The van der Waals surface area contributed by atoms with E-state index in [2.05, 4.69) is 10.5 Å². The van der Waals surface area contributed by atoms with Crippen LogP contribution in [0.15, 0.2) is 73.1 Å². The first kappa shape index (κ1) is 30.9. The average molecular weight is 598 g/mol. The molecule has 0 saturated carbocycles. The van der Waals surface area contributed by atoms with Crippen molar-refractivity contribution in [3.05, 3.63) is 101 Å². The van der Waals surface area contributed by atoms with Crippen LogP contribution in [-0.4, -0.2) is 59.4 Å². The van der Waals surface area contributed by atoms with E-state index in [9.17, 15) is 14.4 Å². The van der Waals surface area contributed by atoms with Gasteiger partial charge in [-0.2, -0.15) is 0 Å². The molecule has 2 aromatic carbocycles. The molecule has 1 amide bonds. The Hall–Kier alpha value is -4.50. The van der Waals surface area contributed by atoms with Gasteiger partial charge in [0.15, 0.2) is 11.6 Å². The molecule has 44 heavy (non-hydrogen) atoms. The maximum absolute atomic E-state index is 13.7. The number of pyridine rings is 1. The summed E-state index contributed by atoms with van der Waals surface area (Å²) in [5, 5.41) is 0. The number of hydroxylamine groups is 1. The number of rotatable bonds is 10. The summed E-state index contributed by atoms with van der Waals surface area (Å²) in [5.74, 6) is -0.247. The fourth-order valence-corrected chi connectivity index (χ4v) is 5.57. The zero-order valence-corrected chi connectivity index (χ0v) is 25.7. The highest BCUT2D eigenvalue weighted by molar-refractivity contribution is 6.06. The van der Waals surface area contributed by atoms with Crippen LogP contribution in [0.2, 0.25) is 0 Å². The van der Waals surface area contributed by atoms with Gasteiger partial charge < -0.3 is 14.4 Å². The third-order valence-corrected chi connectivity index (χ3v) is 7.80. The Morgan fingerprint density at radius 2 is 1.68 bits per heavy atom. The summed E-state index contributed by atoms with van der Waals surface area (Å²) in [6.07, 6.45) is 6.99. The van der Waals surface area contributed by atoms with Crippen LogP contribution < -0.4 is 10.2 Å². The fourth-order valence-electron chi connectivity index (χ4n) is 5.57. The number of hydrogen-bond acceptors (Lipinski definition) is 8. The monoisotopic (exact) mass is 597 g/mol. The molecule has 3 aromatic rings. The number of Topliss-reactive ketones (excluding diaryl/α,β-unsaturated/α-hetero) is 2. The predicted octanol–water partition coefficient (Wildman–Crippen LogP) is 6.15. The van der Waals surface area contributed by atoms with Gasteiger partial charge in [0, 0.05) is 61.4 Å². The van der Waals surface area contributed by atoms with E-state index < -0.39 is 11.5 Å². The number of carbonyl (C=O) groups excluding carboxylic acids is 3. The van der Waals surface area contributed by atoms with Gasteiger partial charge in [-0.3, -0.25) is 24.9 Å². The number of carbonyl (C=O) groups is 3. The minimum atomic E-state index is -0.652. The van der Waals surface area contributed by atoms with E-state index in [-0.39, 0.29) is 30.2 Å². The lowest BCUT2D eigenvalue weighted by atomic mass is 9.84. The molecular weight excluding hydrogens is 558 g/mol. The molecule has 1 aliphatic heterocycles. The summed E-state index contributed by atoms with van der Waals surface area (Å²) in [6, 6.07) is 16.3. The van der Waals surface area contributed by atoms with Gasteiger partial charge in [-0.05, 0) is 74.7 Å². The standard InChI is InChI=1S/C35H39N3O6/c1-35(2,3)44-34(41)38-19-15-28(16-20-38)43-27-9-5-23(6-10-27)32(39)22-30(33(40)24-13-17-36-18-14-24)26-7-11-29-25(21-26)8-12-31(29)37-42-4/h5-7,9-14,17-18,21,28,30,37H,8,15-16,19-20,22H2,1-4H3. The Bertz CT molecular complexity index is 1520. The van der Waals surface area contributed by atoms with E-state index in [1.807, 2.05) is 45.0 Å². The summed E-state index contributed by atoms with van der Waals surface area (Å²) >= 11 is 0. The van der Waals surface area contributed by atoms with Crippen molar-refractivity contribution in [2.45, 2.75) is 64.1 Å². The molecule has 230 valence electrons. The molecule has 1 unspecified atom stereocenters. The maximum atomic E-state index is 13.7. The van der Waals surface area contributed by atoms with Crippen LogP contribution in [0.4, 0.5) is 4.79 Å². The Morgan fingerprint density at radius 1 is 0.977 bits per heavy atom. The number of nitrogens with zero attached hydrogens (tertiary/aromatic N) is 2. The molecule has 1 fully saturated rings. The second kappa shape index (κ2) is 13.4. The van der Waals surface area contributed by atoms with Crippen molar-refractivity contribution >= 4 is 23.4 Å². The van der Waals surface area contributed by atoms with Crippen LogP contribution >= 0.6 is 0 Å². The van der Waals surface area contributed by atoms with Gasteiger partial charge in [-0.1, -0.05) is 24.3 Å². The Kier molecular flexibility index (Phi) is 9.44. The molecule has 2 aliphatic rings. The van der Waals surface area contributed by atoms with Gasteiger partial charge >= 0.3 is 6.09 Å². The van der Waals surface area contributed by atoms with Crippen molar-refractivity contribution in [3.63, 3.8) is 0 Å². The summed E-state index contributed by atoms with van der Waals surface area (Å²) in [6.45, 7) is 6.69. The molecule has 9 nitrogen and oxygen atoms in total. The normalized spacial score (nSPS) is 15.6. The molecule has 9 heteroatoms. The minimum absolute atomic E-state index is 0.0277. The summed E-state index contributed by atoms with van der Waals surface area (Å²) in [7, 11) is 1.57. The number of allylic oxidation sites excluding steroid dienone is 1. The van der Waals surface area contributed by atoms with E-state index in [1.54, 1.807) is 60.8 Å². The van der Waals surface area contributed by atoms with Crippen LogP contribution in [0.3, 0.4) is 0 Å². The minimum Gasteiger partial charge on any atom is -0.490 e. The molecule has 1 aromatic heterocycles. The smallest absolute Gasteiger partial charge is 0.410 e. The second-order valence-corrected chi connectivity index (χ2v) is 12.1. The Morgan fingerprint density at radius 3 is 2.34 bits per heavy atom. The molecule has 0 radical (unpaired) electrons. The van der Waals surface area contributed by atoms with Crippen molar-refractivity contribution in [2.75, 3.05) is 20.2 Å². The Labute approximate surface area is 258 Å². The molecule has 1 saturated heterocycles. The van der Waals surface area contributed by atoms with Gasteiger partial charge in [-0.15, -0.1) is 0 Å². The summed E-state index contributed by atoms with van der Waals surface area (Å²) in [5.41, 5.74) is 7.17. The molecule has 1 atom stereocenters. The first-order valence-electron chi connectivity index (χ1n) is 15.0. The zero-order valence-electron chi connectivity index (χ0n) is 25.7. The van der Waals surface area contributed by atoms with E-state index in [0.29, 0.717) is 49.2 Å². The van der Waals surface area contributed by atoms with Crippen molar-refractivity contribution in [3.8, 4) is 5.75 Å². The quantitative estimate of drug-likeness (QED) is 0.219. The van der Waals surface area contributed by atoms with Gasteiger partial charge in [0.25, 0.3) is 0 Å². The third-order valence-electron chi connectivity index (χ3n) is 7.80. The zero-order chi connectivity index (χ0) is 31.3.